The number of aromatic nitrogens is 4. The van der Waals surface area contributed by atoms with E-state index in [4.69, 9.17) is 9.26 Å². The highest BCUT2D eigenvalue weighted by Gasteiger charge is 2.15. The van der Waals surface area contributed by atoms with Crippen LogP contribution in [-0.2, 0) is 6.42 Å². The maximum absolute atomic E-state index is 12.4. The molecule has 0 radical (unpaired) electrons. The molecule has 0 unspecified atom stereocenters. The van der Waals surface area contributed by atoms with Gasteiger partial charge in [0.1, 0.15) is 11.4 Å². The van der Waals surface area contributed by atoms with E-state index in [0.717, 1.165) is 22.3 Å². The van der Waals surface area contributed by atoms with Crippen molar-refractivity contribution in [3.63, 3.8) is 0 Å². The molecular formula is C20H19N5O3. The fraction of sp³-hybridized carbons (Fsp3) is 0.200. The number of carbonyl (C=O) groups excluding carboxylic acids is 1. The SMILES string of the molecule is COc1ccc2[nH]c(-c3nc(CCN(C)C(=O)c4ccncc4)no3)cc2c1. The fourth-order valence-electron chi connectivity index (χ4n) is 2.90. The minimum Gasteiger partial charge on any atom is -0.497 e. The standard InChI is InChI=1S/C20H19N5O3/c1-25(20(26)13-5-8-21-9-6-13)10-7-18-23-19(28-24-18)17-12-14-11-15(27-2)3-4-16(14)22-17/h3-6,8-9,11-12,22H,7,10H2,1-2H3. The summed E-state index contributed by atoms with van der Waals surface area (Å²) in [6.07, 6.45) is 3.69. The second-order valence-electron chi connectivity index (χ2n) is 6.36. The van der Waals surface area contributed by atoms with Crippen LogP contribution >= 0.6 is 0 Å². The second-order valence-corrected chi connectivity index (χ2v) is 6.36. The van der Waals surface area contributed by atoms with Crippen LogP contribution in [0.15, 0.2) is 53.3 Å². The molecule has 1 N–H and O–H groups in total. The van der Waals surface area contributed by atoms with Crippen molar-refractivity contribution in [1.82, 2.24) is 25.0 Å². The summed E-state index contributed by atoms with van der Waals surface area (Å²) in [6, 6.07) is 11.1. The minimum absolute atomic E-state index is 0.0734. The van der Waals surface area contributed by atoms with Gasteiger partial charge in [-0.15, -0.1) is 0 Å². The van der Waals surface area contributed by atoms with Crippen LogP contribution in [0.3, 0.4) is 0 Å². The molecule has 142 valence electrons. The van der Waals surface area contributed by atoms with Crippen molar-refractivity contribution in [2.45, 2.75) is 6.42 Å². The van der Waals surface area contributed by atoms with E-state index in [1.165, 1.54) is 0 Å². The first-order valence-corrected chi connectivity index (χ1v) is 8.79. The Morgan fingerprint density at radius 2 is 2.04 bits per heavy atom. The average Bonchev–Trinajstić information content (AvgIpc) is 3.38. The lowest BCUT2D eigenvalue weighted by atomic mass is 10.2. The predicted molar refractivity (Wildman–Crippen MR) is 103 cm³/mol. The highest BCUT2D eigenvalue weighted by atomic mass is 16.5. The highest BCUT2D eigenvalue weighted by molar-refractivity contribution is 5.93. The summed E-state index contributed by atoms with van der Waals surface area (Å²) in [5.41, 5.74) is 2.29. The number of likely N-dealkylation sites (N-methyl/N-ethyl adjacent to an activating group) is 1. The van der Waals surface area contributed by atoms with E-state index >= 15 is 0 Å². The normalized spacial score (nSPS) is 10.9. The number of nitrogens with zero attached hydrogens (tertiary/aromatic N) is 4. The number of rotatable bonds is 6. The Labute approximate surface area is 161 Å². The van der Waals surface area contributed by atoms with E-state index in [2.05, 4.69) is 20.1 Å². The molecule has 4 aromatic rings. The molecule has 0 spiro atoms. The summed E-state index contributed by atoms with van der Waals surface area (Å²) in [4.78, 5) is 25.6. The number of methoxy groups -OCH3 is 1. The van der Waals surface area contributed by atoms with Crippen LogP contribution in [0.4, 0.5) is 0 Å². The molecule has 8 heteroatoms. The van der Waals surface area contributed by atoms with Crippen LogP contribution in [0.25, 0.3) is 22.5 Å². The molecule has 0 aliphatic rings. The molecule has 3 heterocycles. The Morgan fingerprint density at radius 1 is 1.21 bits per heavy atom. The number of hydrogen-bond donors (Lipinski definition) is 1. The highest BCUT2D eigenvalue weighted by Crippen LogP contribution is 2.26. The quantitative estimate of drug-likeness (QED) is 0.555. The smallest absolute Gasteiger partial charge is 0.274 e. The zero-order valence-corrected chi connectivity index (χ0v) is 15.5. The third-order valence-electron chi connectivity index (χ3n) is 4.47. The van der Waals surface area contributed by atoms with Gasteiger partial charge < -0.3 is 19.1 Å². The van der Waals surface area contributed by atoms with Crippen LogP contribution < -0.4 is 4.74 Å². The lowest BCUT2D eigenvalue weighted by Crippen LogP contribution is -2.29. The Morgan fingerprint density at radius 3 is 2.82 bits per heavy atom. The topological polar surface area (TPSA) is 97.1 Å². The number of fused-ring (bicyclic) bond motifs is 1. The van der Waals surface area contributed by atoms with E-state index < -0.39 is 0 Å². The Kier molecular flexibility index (Phi) is 4.76. The second kappa shape index (κ2) is 7.51. The summed E-state index contributed by atoms with van der Waals surface area (Å²) < 4.78 is 10.6. The largest absolute Gasteiger partial charge is 0.497 e. The van der Waals surface area contributed by atoms with Crippen molar-refractivity contribution in [1.29, 1.82) is 0 Å². The number of benzene rings is 1. The van der Waals surface area contributed by atoms with Gasteiger partial charge in [-0.25, -0.2) is 0 Å². The Hall–Kier alpha value is -3.68. The molecule has 0 fully saturated rings. The Balaban J connectivity index is 1.44. The van der Waals surface area contributed by atoms with Crippen LogP contribution in [0.5, 0.6) is 5.75 Å². The number of amides is 1. The predicted octanol–water partition coefficient (Wildman–Crippen LogP) is 2.94. The molecule has 0 atom stereocenters. The molecule has 0 saturated heterocycles. The zero-order valence-electron chi connectivity index (χ0n) is 15.5. The molecule has 0 bridgehead atoms. The van der Waals surface area contributed by atoms with Gasteiger partial charge in [0.2, 0.25) is 0 Å². The van der Waals surface area contributed by atoms with Gasteiger partial charge >= 0.3 is 0 Å². The van der Waals surface area contributed by atoms with E-state index in [-0.39, 0.29) is 5.91 Å². The number of carbonyl (C=O) groups is 1. The first kappa shape index (κ1) is 17.7. The van der Waals surface area contributed by atoms with Gasteiger partial charge in [0.05, 0.1) is 7.11 Å². The maximum atomic E-state index is 12.4. The maximum Gasteiger partial charge on any atom is 0.274 e. The van der Waals surface area contributed by atoms with E-state index in [0.29, 0.717) is 30.2 Å². The molecule has 1 aromatic carbocycles. The summed E-state index contributed by atoms with van der Waals surface area (Å²) in [5.74, 6) is 1.66. The number of pyridine rings is 1. The number of hydrogen-bond acceptors (Lipinski definition) is 6. The van der Waals surface area contributed by atoms with Gasteiger partial charge in [-0.1, -0.05) is 5.16 Å². The van der Waals surface area contributed by atoms with Gasteiger partial charge in [-0.05, 0) is 36.4 Å². The molecule has 0 saturated carbocycles. The van der Waals surface area contributed by atoms with Crippen LogP contribution in [-0.4, -0.2) is 51.6 Å². The summed E-state index contributed by atoms with van der Waals surface area (Å²) in [5, 5.41) is 5.02. The molecule has 28 heavy (non-hydrogen) atoms. The number of H-pyrrole nitrogens is 1. The third kappa shape index (κ3) is 3.57. The van der Waals surface area contributed by atoms with Gasteiger partial charge in [0.15, 0.2) is 5.82 Å². The van der Waals surface area contributed by atoms with Gasteiger partial charge in [0.25, 0.3) is 11.8 Å². The Bertz CT molecular complexity index is 1100. The van der Waals surface area contributed by atoms with Gasteiger partial charge in [0, 0.05) is 48.9 Å². The van der Waals surface area contributed by atoms with E-state index in [1.54, 1.807) is 43.6 Å². The lowest BCUT2D eigenvalue weighted by molar-refractivity contribution is 0.0795. The van der Waals surface area contributed by atoms with Crippen molar-refractivity contribution < 1.29 is 14.1 Å². The van der Waals surface area contributed by atoms with E-state index in [1.807, 2.05) is 24.3 Å². The molecule has 1 amide bonds. The monoisotopic (exact) mass is 377 g/mol. The molecule has 4 rings (SSSR count). The van der Waals surface area contributed by atoms with Crippen molar-refractivity contribution in [3.8, 4) is 17.3 Å². The van der Waals surface area contributed by atoms with Crippen molar-refractivity contribution in [3.05, 3.63) is 60.2 Å². The fourth-order valence-corrected chi connectivity index (χ4v) is 2.90. The number of aromatic amines is 1. The van der Waals surface area contributed by atoms with Crippen molar-refractivity contribution in [2.24, 2.45) is 0 Å². The minimum atomic E-state index is -0.0734. The van der Waals surface area contributed by atoms with Crippen LogP contribution in [0, 0.1) is 0 Å². The molecule has 0 aliphatic carbocycles. The third-order valence-corrected chi connectivity index (χ3v) is 4.47. The van der Waals surface area contributed by atoms with E-state index in [9.17, 15) is 4.79 Å². The molecular weight excluding hydrogens is 358 g/mol. The van der Waals surface area contributed by atoms with Crippen LogP contribution in [0.1, 0.15) is 16.2 Å². The van der Waals surface area contributed by atoms with Crippen LogP contribution in [0.2, 0.25) is 0 Å². The van der Waals surface area contributed by atoms with Gasteiger partial charge in [-0.2, -0.15) is 4.98 Å². The van der Waals surface area contributed by atoms with Crippen molar-refractivity contribution in [2.75, 3.05) is 20.7 Å². The summed E-state index contributed by atoms with van der Waals surface area (Å²) in [6.45, 7) is 0.476. The van der Waals surface area contributed by atoms with Gasteiger partial charge in [-0.3, -0.25) is 9.78 Å². The summed E-state index contributed by atoms with van der Waals surface area (Å²) in [7, 11) is 3.38. The number of nitrogens with one attached hydrogen (secondary N) is 1. The zero-order chi connectivity index (χ0) is 19.5. The first-order valence-electron chi connectivity index (χ1n) is 8.79. The molecule has 8 nitrogen and oxygen atoms in total. The molecule has 0 aliphatic heterocycles. The molecule has 3 aromatic heterocycles. The summed E-state index contributed by atoms with van der Waals surface area (Å²) >= 11 is 0. The van der Waals surface area contributed by atoms with Crippen molar-refractivity contribution >= 4 is 16.8 Å². The first-order chi connectivity index (χ1) is 13.6. The lowest BCUT2D eigenvalue weighted by Gasteiger charge is -2.15. The number of ether oxygens (including phenoxy) is 1. The average molecular weight is 377 g/mol.